The largest absolute Gasteiger partial charge is 0.328 e. The van der Waals surface area contributed by atoms with Crippen molar-refractivity contribution in [1.29, 1.82) is 0 Å². The molecule has 28 heavy (non-hydrogen) atoms. The van der Waals surface area contributed by atoms with Gasteiger partial charge in [0.2, 0.25) is 5.56 Å². The molecular weight excluding hydrogens is 357 g/mol. The van der Waals surface area contributed by atoms with Crippen LogP contribution in [-0.2, 0) is 6.42 Å². The fourth-order valence-corrected chi connectivity index (χ4v) is 4.14. The predicted molar refractivity (Wildman–Crippen MR) is 106 cm³/mol. The number of pyridine rings is 2. The molecule has 1 aromatic carbocycles. The number of halogens is 1. The van der Waals surface area contributed by atoms with E-state index in [9.17, 15) is 14.0 Å². The fourth-order valence-electron chi connectivity index (χ4n) is 4.14. The number of amides is 1. The first-order chi connectivity index (χ1) is 13.5. The van der Waals surface area contributed by atoms with Crippen LogP contribution in [0.5, 0.6) is 0 Å². The second-order valence-electron chi connectivity index (χ2n) is 7.50. The van der Waals surface area contributed by atoms with Crippen LogP contribution in [0.2, 0.25) is 0 Å². The Bertz CT molecular complexity index is 1110. The van der Waals surface area contributed by atoms with Crippen molar-refractivity contribution in [2.45, 2.75) is 45.2 Å². The molecule has 0 fully saturated rings. The van der Waals surface area contributed by atoms with Crippen LogP contribution < -0.4 is 5.56 Å². The minimum Gasteiger partial charge on any atom is -0.328 e. The van der Waals surface area contributed by atoms with E-state index in [1.54, 1.807) is 12.3 Å². The highest BCUT2D eigenvalue weighted by Gasteiger charge is 2.33. The molecule has 2 heterocycles. The quantitative estimate of drug-likeness (QED) is 0.748. The van der Waals surface area contributed by atoms with Crippen molar-refractivity contribution in [3.8, 4) is 0 Å². The summed E-state index contributed by atoms with van der Waals surface area (Å²) in [7, 11) is 0. The molecule has 0 spiro atoms. The van der Waals surface area contributed by atoms with Crippen molar-refractivity contribution in [1.82, 2.24) is 14.9 Å². The number of carbonyl (C=O) groups is 1. The molecular formula is C22H22FN3O2. The Labute approximate surface area is 162 Å². The third-order valence-corrected chi connectivity index (χ3v) is 5.33. The van der Waals surface area contributed by atoms with Gasteiger partial charge in [0.25, 0.3) is 5.91 Å². The van der Waals surface area contributed by atoms with Gasteiger partial charge in [0, 0.05) is 23.7 Å². The summed E-state index contributed by atoms with van der Waals surface area (Å²) in [5, 5.41) is 0.536. The topological polar surface area (TPSA) is 66.1 Å². The smallest absolute Gasteiger partial charge is 0.255 e. The summed E-state index contributed by atoms with van der Waals surface area (Å²) in [4.78, 5) is 34.7. The zero-order valence-corrected chi connectivity index (χ0v) is 15.9. The molecule has 1 aliphatic rings. The Morgan fingerprint density at radius 3 is 2.89 bits per heavy atom. The van der Waals surface area contributed by atoms with Gasteiger partial charge < -0.3 is 9.88 Å². The highest BCUT2D eigenvalue weighted by atomic mass is 19.1. The Morgan fingerprint density at radius 1 is 1.29 bits per heavy atom. The van der Waals surface area contributed by atoms with Gasteiger partial charge in [-0.15, -0.1) is 0 Å². The van der Waals surface area contributed by atoms with Gasteiger partial charge in [-0.1, -0.05) is 6.07 Å². The summed E-state index contributed by atoms with van der Waals surface area (Å²) in [5.41, 5.74) is 2.27. The van der Waals surface area contributed by atoms with Crippen molar-refractivity contribution in [2.75, 3.05) is 0 Å². The van der Waals surface area contributed by atoms with E-state index >= 15 is 0 Å². The molecule has 1 unspecified atom stereocenters. The molecule has 0 saturated heterocycles. The van der Waals surface area contributed by atoms with E-state index in [0.29, 0.717) is 10.9 Å². The van der Waals surface area contributed by atoms with E-state index in [1.807, 2.05) is 24.8 Å². The van der Waals surface area contributed by atoms with Crippen molar-refractivity contribution < 1.29 is 9.18 Å². The molecule has 6 heteroatoms. The first kappa shape index (κ1) is 18.3. The number of H-pyrrole nitrogens is 1. The number of nitrogens with zero attached hydrogens (tertiary/aromatic N) is 2. The van der Waals surface area contributed by atoms with Crippen LogP contribution in [-0.4, -0.2) is 26.8 Å². The Hall–Kier alpha value is -3.02. The third-order valence-electron chi connectivity index (χ3n) is 5.33. The zero-order valence-electron chi connectivity index (χ0n) is 15.9. The summed E-state index contributed by atoms with van der Waals surface area (Å²) >= 11 is 0. The van der Waals surface area contributed by atoms with E-state index in [4.69, 9.17) is 0 Å². The summed E-state index contributed by atoms with van der Waals surface area (Å²) in [6.45, 7) is 3.92. The lowest BCUT2D eigenvalue weighted by atomic mass is 9.89. The van der Waals surface area contributed by atoms with E-state index < -0.39 is 11.4 Å². The van der Waals surface area contributed by atoms with E-state index in [-0.39, 0.29) is 23.6 Å². The number of carbonyl (C=O) groups excluding carboxylic acids is 1. The number of rotatable bonds is 3. The van der Waals surface area contributed by atoms with Crippen LogP contribution in [0.25, 0.3) is 10.9 Å². The van der Waals surface area contributed by atoms with Gasteiger partial charge >= 0.3 is 0 Å². The van der Waals surface area contributed by atoms with Crippen molar-refractivity contribution in [2.24, 2.45) is 0 Å². The van der Waals surface area contributed by atoms with Gasteiger partial charge in [0.1, 0.15) is 5.82 Å². The number of fused-ring (bicyclic) bond motifs is 2. The van der Waals surface area contributed by atoms with Crippen molar-refractivity contribution >= 4 is 16.8 Å². The fraction of sp³-hybridized carbons (Fsp3) is 0.318. The second kappa shape index (κ2) is 7.19. The Balaban J connectivity index is 1.84. The Morgan fingerprint density at radius 2 is 2.11 bits per heavy atom. The average Bonchev–Trinajstić information content (AvgIpc) is 2.67. The minimum atomic E-state index is -0.459. The number of aryl methyl sites for hydroxylation is 1. The minimum absolute atomic E-state index is 0.0831. The molecule has 2 aromatic heterocycles. The number of aromatic nitrogens is 2. The summed E-state index contributed by atoms with van der Waals surface area (Å²) in [5.74, 6) is -0.694. The average molecular weight is 379 g/mol. The lowest BCUT2D eigenvalue weighted by Crippen LogP contribution is -2.42. The first-order valence-electron chi connectivity index (χ1n) is 9.54. The molecule has 1 amide bonds. The number of nitrogens with one attached hydrogen (secondary N) is 1. The lowest BCUT2D eigenvalue weighted by molar-refractivity contribution is 0.0578. The maximum atomic E-state index is 13.6. The van der Waals surface area contributed by atoms with Gasteiger partial charge in [-0.05, 0) is 62.9 Å². The van der Waals surface area contributed by atoms with Crippen molar-refractivity contribution in [3.05, 3.63) is 75.6 Å². The van der Waals surface area contributed by atoms with Gasteiger partial charge in [-0.2, -0.15) is 0 Å². The summed E-state index contributed by atoms with van der Waals surface area (Å²) in [6, 6.07) is 9.14. The molecule has 4 rings (SSSR count). The summed E-state index contributed by atoms with van der Waals surface area (Å²) in [6.07, 6.45) is 4.50. The zero-order chi connectivity index (χ0) is 19.8. The number of hydrogen-bond donors (Lipinski definition) is 1. The maximum Gasteiger partial charge on any atom is 0.255 e. The second-order valence-corrected chi connectivity index (χ2v) is 7.50. The van der Waals surface area contributed by atoms with E-state index in [1.165, 1.54) is 18.2 Å². The van der Waals surface area contributed by atoms with Gasteiger partial charge in [-0.25, -0.2) is 4.39 Å². The monoisotopic (exact) mass is 379 g/mol. The Kier molecular flexibility index (Phi) is 4.71. The molecule has 1 aliphatic carbocycles. The molecule has 0 saturated carbocycles. The predicted octanol–water partition coefficient (Wildman–Crippen LogP) is 3.99. The van der Waals surface area contributed by atoms with Gasteiger partial charge in [0.05, 0.1) is 22.8 Å². The van der Waals surface area contributed by atoms with Crippen LogP contribution in [0.15, 0.2) is 47.4 Å². The highest BCUT2D eigenvalue weighted by Crippen LogP contribution is 2.35. The molecule has 1 N–H and O–H groups in total. The molecule has 0 aliphatic heterocycles. The van der Waals surface area contributed by atoms with Gasteiger partial charge in [0.15, 0.2) is 0 Å². The SMILES string of the molecule is CC(C)N(C(=O)c1cc(=O)[nH]c2cc(F)ccc12)C1CCCc2cccnc21. The molecule has 0 radical (unpaired) electrons. The highest BCUT2D eigenvalue weighted by molar-refractivity contribution is 6.06. The van der Waals surface area contributed by atoms with Crippen LogP contribution in [0.1, 0.15) is 54.3 Å². The first-order valence-corrected chi connectivity index (χ1v) is 9.54. The molecule has 3 aromatic rings. The van der Waals surface area contributed by atoms with Crippen LogP contribution >= 0.6 is 0 Å². The van der Waals surface area contributed by atoms with Gasteiger partial charge in [-0.3, -0.25) is 14.6 Å². The maximum absolute atomic E-state index is 13.6. The normalized spacial score (nSPS) is 16.2. The molecule has 0 bridgehead atoms. The lowest BCUT2D eigenvalue weighted by Gasteiger charge is -2.38. The number of hydrogen-bond acceptors (Lipinski definition) is 3. The third kappa shape index (κ3) is 3.19. The molecule has 1 atom stereocenters. The van der Waals surface area contributed by atoms with E-state index in [0.717, 1.165) is 30.5 Å². The van der Waals surface area contributed by atoms with Crippen LogP contribution in [0.3, 0.4) is 0 Å². The standard InChI is InChI=1S/C22H22FN3O2/c1-13(2)26(19-7-3-5-14-6-4-10-24-21(14)19)22(28)17-12-20(27)25-18-11-15(23)8-9-16(17)18/h4,6,8-13,19H,3,5,7H2,1-2H3,(H,25,27). The summed E-state index contributed by atoms with van der Waals surface area (Å²) < 4.78 is 13.6. The van der Waals surface area contributed by atoms with Crippen LogP contribution in [0, 0.1) is 5.82 Å². The van der Waals surface area contributed by atoms with Crippen LogP contribution in [0.4, 0.5) is 4.39 Å². The molecule has 5 nitrogen and oxygen atoms in total. The number of benzene rings is 1. The molecule has 144 valence electrons. The number of aromatic amines is 1. The van der Waals surface area contributed by atoms with E-state index in [2.05, 4.69) is 16.0 Å². The van der Waals surface area contributed by atoms with Crippen molar-refractivity contribution in [3.63, 3.8) is 0 Å².